The zero-order valence-electron chi connectivity index (χ0n) is 14.8. The quantitative estimate of drug-likeness (QED) is 0.716. The molecule has 0 heterocycles. The Morgan fingerprint density at radius 3 is 2.44 bits per heavy atom. The van der Waals surface area contributed by atoms with Crippen LogP contribution in [0, 0.1) is 18.6 Å². The smallest absolute Gasteiger partial charge is 0.260 e. The van der Waals surface area contributed by atoms with Gasteiger partial charge in [-0.2, -0.15) is 0 Å². The number of amides is 1. The minimum Gasteiger partial charge on any atom is -0.481 e. The second kappa shape index (κ2) is 8.81. The van der Waals surface area contributed by atoms with E-state index < -0.39 is 39.4 Å². The fraction of sp³-hybridized carbons (Fsp3) is 0.278. The maximum absolute atomic E-state index is 13.5. The summed E-state index contributed by atoms with van der Waals surface area (Å²) >= 11 is 0. The fourth-order valence-corrected chi connectivity index (χ4v) is 3.07. The van der Waals surface area contributed by atoms with E-state index in [0.29, 0.717) is 11.3 Å². The molecule has 0 aliphatic rings. The first-order valence-corrected chi connectivity index (χ1v) is 9.78. The van der Waals surface area contributed by atoms with E-state index >= 15 is 0 Å². The highest BCUT2D eigenvalue weighted by atomic mass is 32.2. The molecule has 6 nitrogen and oxygen atoms in total. The summed E-state index contributed by atoms with van der Waals surface area (Å²) in [6.07, 6.45) is -0.891. The lowest BCUT2D eigenvalue weighted by atomic mass is 10.2. The topological polar surface area (TPSA) is 84.5 Å². The number of benzene rings is 2. The molecule has 0 aromatic heterocycles. The van der Waals surface area contributed by atoms with Crippen LogP contribution in [0.25, 0.3) is 0 Å². The average molecular weight is 398 g/mol. The number of halogens is 2. The van der Waals surface area contributed by atoms with Crippen LogP contribution in [-0.2, 0) is 14.8 Å². The molecule has 27 heavy (non-hydrogen) atoms. The minimum atomic E-state index is -3.76. The second-order valence-electron chi connectivity index (χ2n) is 5.89. The predicted octanol–water partition coefficient (Wildman–Crippen LogP) is 2.60. The van der Waals surface area contributed by atoms with E-state index in [-0.39, 0.29) is 12.2 Å². The highest BCUT2D eigenvalue weighted by Crippen LogP contribution is 2.15. The van der Waals surface area contributed by atoms with Crippen molar-refractivity contribution in [2.24, 2.45) is 0 Å². The molecule has 2 aromatic rings. The molecule has 0 unspecified atom stereocenters. The molecule has 2 aromatic carbocycles. The van der Waals surface area contributed by atoms with Crippen LogP contribution in [0.1, 0.15) is 12.5 Å². The van der Waals surface area contributed by atoms with E-state index in [0.717, 1.165) is 6.07 Å². The van der Waals surface area contributed by atoms with E-state index in [4.69, 9.17) is 4.74 Å². The molecular weight excluding hydrogens is 378 g/mol. The van der Waals surface area contributed by atoms with Crippen molar-refractivity contribution in [1.29, 1.82) is 0 Å². The normalized spacial score (nSPS) is 12.3. The molecule has 0 saturated carbocycles. The van der Waals surface area contributed by atoms with E-state index in [9.17, 15) is 22.0 Å². The summed E-state index contributed by atoms with van der Waals surface area (Å²) in [6, 6.07) is 9.17. The molecule has 0 bridgehead atoms. The van der Waals surface area contributed by atoms with Gasteiger partial charge in [0.15, 0.2) is 6.10 Å². The summed E-state index contributed by atoms with van der Waals surface area (Å²) in [7, 11) is -3.76. The molecule has 0 aliphatic heterocycles. The molecule has 146 valence electrons. The van der Waals surface area contributed by atoms with Gasteiger partial charge in [-0.1, -0.05) is 6.07 Å². The number of carbonyl (C=O) groups is 1. The lowest BCUT2D eigenvalue weighted by Gasteiger charge is -2.15. The van der Waals surface area contributed by atoms with Crippen molar-refractivity contribution in [2.75, 3.05) is 17.0 Å². The van der Waals surface area contributed by atoms with Crippen LogP contribution >= 0.6 is 0 Å². The van der Waals surface area contributed by atoms with E-state index in [1.54, 1.807) is 6.92 Å². The Hall–Kier alpha value is -2.68. The molecule has 1 atom stereocenters. The zero-order chi connectivity index (χ0) is 20.0. The first-order chi connectivity index (χ1) is 12.7. The number of rotatable bonds is 8. The molecule has 0 saturated heterocycles. The standard InChI is InChI=1S/C18H20F2N2O4S/c1-12-3-6-15(11-17(12)20)22-27(24,25)10-9-21-18(23)13(2)26-16-7-4-14(19)5-8-16/h3-8,11,13,22H,9-10H2,1-2H3,(H,21,23)/t13-/m0/s1. The van der Waals surface area contributed by atoms with E-state index in [1.165, 1.54) is 43.3 Å². The Balaban J connectivity index is 1.81. The van der Waals surface area contributed by atoms with Crippen LogP contribution < -0.4 is 14.8 Å². The van der Waals surface area contributed by atoms with Crippen LogP contribution in [-0.4, -0.2) is 32.7 Å². The van der Waals surface area contributed by atoms with Crippen molar-refractivity contribution in [3.8, 4) is 5.75 Å². The molecule has 0 radical (unpaired) electrons. The molecule has 2 N–H and O–H groups in total. The van der Waals surface area contributed by atoms with Crippen molar-refractivity contribution in [1.82, 2.24) is 5.32 Å². The Bertz CT molecular complexity index is 902. The summed E-state index contributed by atoms with van der Waals surface area (Å²) < 4.78 is 58.0. The second-order valence-corrected chi connectivity index (χ2v) is 7.73. The first-order valence-electron chi connectivity index (χ1n) is 8.13. The van der Waals surface area contributed by atoms with Crippen molar-refractivity contribution in [2.45, 2.75) is 20.0 Å². The van der Waals surface area contributed by atoms with Gasteiger partial charge in [0.2, 0.25) is 10.0 Å². The van der Waals surface area contributed by atoms with E-state index in [1.807, 2.05) is 0 Å². The highest BCUT2D eigenvalue weighted by molar-refractivity contribution is 7.92. The molecule has 0 spiro atoms. The van der Waals surface area contributed by atoms with Gasteiger partial charge in [-0.15, -0.1) is 0 Å². The monoisotopic (exact) mass is 398 g/mol. The van der Waals surface area contributed by atoms with E-state index in [2.05, 4.69) is 10.0 Å². The van der Waals surface area contributed by atoms with Gasteiger partial charge in [0.25, 0.3) is 5.91 Å². The van der Waals surface area contributed by atoms with Crippen molar-refractivity contribution < 1.29 is 26.7 Å². The molecular formula is C18H20F2N2O4S. The lowest BCUT2D eigenvalue weighted by molar-refractivity contribution is -0.127. The molecule has 0 fully saturated rings. The van der Waals surface area contributed by atoms with Gasteiger partial charge in [-0.3, -0.25) is 9.52 Å². The van der Waals surface area contributed by atoms with Crippen molar-refractivity contribution >= 4 is 21.6 Å². The maximum Gasteiger partial charge on any atom is 0.260 e. The van der Waals surface area contributed by atoms with Crippen LogP contribution in [0.3, 0.4) is 0 Å². The molecule has 2 rings (SSSR count). The van der Waals surface area contributed by atoms with Gasteiger partial charge in [0.1, 0.15) is 17.4 Å². The molecule has 1 amide bonds. The van der Waals surface area contributed by atoms with Gasteiger partial charge in [0, 0.05) is 6.54 Å². The highest BCUT2D eigenvalue weighted by Gasteiger charge is 2.17. The number of nitrogens with one attached hydrogen (secondary N) is 2. The lowest BCUT2D eigenvalue weighted by Crippen LogP contribution is -2.39. The Morgan fingerprint density at radius 1 is 1.15 bits per heavy atom. The number of hydrogen-bond donors (Lipinski definition) is 2. The minimum absolute atomic E-state index is 0.109. The van der Waals surface area contributed by atoms with Gasteiger partial charge >= 0.3 is 0 Å². The Kier molecular flexibility index (Phi) is 6.73. The Labute approximate surface area is 156 Å². The summed E-state index contributed by atoms with van der Waals surface area (Å²) in [6.45, 7) is 2.90. The van der Waals surface area contributed by atoms with Crippen LogP contribution in [0.5, 0.6) is 5.75 Å². The first kappa shape index (κ1) is 20.6. The summed E-state index contributed by atoms with van der Waals surface area (Å²) in [4.78, 5) is 12.0. The summed E-state index contributed by atoms with van der Waals surface area (Å²) in [5, 5.41) is 2.45. The predicted molar refractivity (Wildman–Crippen MR) is 98.0 cm³/mol. The Morgan fingerprint density at radius 2 is 1.81 bits per heavy atom. The van der Waals surface area contributed by atoms with Crippen LogP contribution in [0.2, 0.25) is 0 Å². The molecule has 0 aliphatic carbocycles. The number of anilines is 1. The largest absolute Gasteiger partial charge is 0.481 e. The number of carbonyl (C=O) groups excluding carboxylic acids is 1. The third-order valence-electron chi connectivity index (χ3n) is 3.61. The average Bonchev–Trinajstić information content (AvgIpc) is 2.59. The summed E-state index contributed by atoms with van der Waals surface area (Å²) in [5.74, 6) is -1.54. The van der Waals surface area contributed by atoms with Crippen molar-refractivity contribution in [3.05, 3.63) is 59.7 Å². The number of ether oxygens (including phenoxy) is 1. The van der Waals surface area contributed by atoms with Gasteiger partial charge in [-0.25, -0.2) is 17.2 Å². The number of sulfonamides is 1. The van der Waals surface area contributed by atoms with Gasteiger partial charge < -0.3 is 10.1 Å². The fourth-order valence-electron chi connectivity index (χ4n) is 2.11. The van der Waals surface area contributed by atoms with Gasteiger partial charge in [0.05, 0.1) is 11.4 Å². The summed E-state index contributed by atoms with van der Waals surface area (Å²) in [5.41, 5.74) is 0.512. The SMILES string of the molecule is Cc1ccc(NS(=O)(=O)CCNC(=O)[C@H](C)Oc2ccc(F)cc2)cc1F. The third-order valence-corrected chi connectivity index (χ3v) is 4.90. The van der Waals surface area contributed by atoms with Crippen molar-refractivity contribution in [3.63, 3.8) is 0 Å². The van der Waals surface area contributed by atoms with Crippen LogP contribution in [0.4, 0.5) is 14.5 Å². The van der Waals surface area contributed by atoms with Crippen LogP contribution in [0.15, 0.2) is 42.5 Å². The third kappa shape index (κ3) is 6.52. The number of aryl methyl sites for hydroxylation is 1. The zero-order valence-corrected chi connectivity index (χ0v) is 15.6. The molecule has 9 heteroatoms. The number of hydrogen-bond acceptors (Lipinski definition) is 4. The van der Waals surface area contributed by atoms with Gasteiger partial charge in [-0.05, 0) is 55.8 Å². The maximum atomic E-state index is 13.5.